The molecular weight excluding hydrogens is 502 g/mol. The van der Waals surface area contributed by atoms with Crippen LogP contribution in [-0.2, 0) is 20.4 Å². The summed E-state index contributed by atoms with van der Waals surface area (Å²) in [7, 11) is -2.64. The smallest absolute Gasteiger partial charge is 0.416 e. The van der Waals surface area contributed by atoms with Gasteiger partial charge in [0.15, 0.2) is 0 Å². The molecule has 3 aromatic carbocycles. The molecule has 2 amide bonds. The van der Waals surface area contributed by atoms with Gasteiger partial charge in [0.1, 0.15) is 6.61 Å². The van der Waals surface area contributed by atoms with E-state index >= 15 is 0 Å². The lowest BCUT2D eigenvalue weighted by Crippen LogP contribution is -2.66. The maximum absolute atomic E-state index is 13.3. The van der Waals surface area contributed by atoms with E-state index < -0.39 is 14.4 Å². The minimum atomic E-state index is -2.64. The predicted molar refractivity (Wildman–Crippen MR) is 159 cm³/mol. The standard InChI is InChI=1S/C33H41NO4Si/c1-5-26(21-22-31(35)34-28(25-37-32(34)36)23-27-15-9-6-10-16-27)24-38-39(33(2,3)4,29-17-11-7-12-18-29)30-19-13-8-14-20-30/h6-20,26,28H,5,21-25H2,1-4H3/t26-,28-/m0/s1. The molecule has 1 heterocycles. The molecule has 0 radical (unpaired) electrons. The Bertz CT molecular complexity index is 1170. The Labute approximate surface area is 234 Å². The Kier molecular flexibility index (Phi) is 9.41. The van der Waals surface area contributed by atoms with Crippen molar-refractivity contribution in [2.24, 2.45) is 5.92 Å². The van der Waals surface area contributed by atoms with Crippen molar-refractivity contribution in [3.8, 4) is 0 Å². The van der Waals surface area contributed by atoms with Gasteiger partial charge in [-0.15, -0.1) is 0 Å². The van der Waals surface area contributed by atoms with E-state index in [2.05, 4.69) is 76.2 Å². The highest BCUT2D eigenvalue weighted by Crippen LogP contribution is 2.37. The molecule has 1 fully saturated rings. The Morgan fingerprint density at radius 2 is 1.49 bits per heavy atom. The first kappa shape index (κ1) is 28.8. The Balaban J connectivity index is 1.48. The number of cyclic esters (lactones) is 1. The van der Waals surface area contributed by atoms with Crippen molar-refractivity contribution < 1.29 is 18.8 Å². The number of carbonyl (C=O) groups is 2. The zero-order chi connectivity index (χ0) is 27.9. The largest absolute Gasteiger partial charge is 0.447 e. The van der Waals surface area contributed by atoms with Gasteiger partial charge < -0.3 is 9.16 Å². The lowest BCUT2D eigenvalue weighted by molar-refractivity contribution is -0.129. The third kappa shape index (κ3) is 6.51. The molecule has 5 nitrogen and oxygen atoms in total. The van der Waals surface area contributed by atoms with Crippen molar-refractivity contribution in [1.29, 1.82) is 0 Å². The predicted octanol–water partition coefficient (Wildman–Crippen LogP) is 5.96. The maximum Gasteiger partial charge on any atom is 0.416 e. The van der Waals surface area contributed by atoms with Gasteiger partial charge in [0.05, 0.1) is 6.04 Å². The van der Waals surface area contributed by atoms with Crippen LogP contribution in [0.5, 0.6) is 0 Å². The zero-order valence-electron chi connectivity index (χ0n) is 23.6. The van der Waals surface area contributed by atoms with Crippen LogP contribution >= 0.6 is 0 Å². The van der Waals surface area contributed by atoms with Crippen LogP contribution in [0.25, 0.3) is 0 Å². The van der Waals surface area contributed by atoms with Crippen molar-refractivity contribution >= 4 is 30.7 Å². The molecule has 1 aliphatic rings. The van der Waals surface area contributed by atoms with E-state index in [0.717, 1.165) is 12.0 Å². The molecule has 0 saturated carbocycles. The summed E-state index contributed by atoms with van der Waals surface area (Å²) in [5.74, 6) is 0.0316. The second-order valence-electron chi connectivity index (χ2n) is 11.5. The van der Waals surface area contributed by atoms with Crippen molar-refractivity contribution in [2.75, 3.05) is 13.2 Å². The van der Waals surface area contributed by atoms with Crippen molar-refractivity contribution in [1.82, 2.24) is 4.90 Å². The molecule has 0 aromatic heterocycles. The third-order valence-corrected chi connectivity index (χ3v) is 12.8. The van der Waals surface area contributed by atoms with Crippen LogP contribution < -0.4 is 10.4 Å². The highest BCUT2D eigenvalue weighted by atomic mass is 28.4. The van der Waals surface area contributed by atoms with Crippen LogP contribution in [-0.4, -0.2) is 44.5 Å². The van der Waals surface area contributed by atoms with Gasteiger partial charge in [-0.2, -0.15) is 0 Å². The zero-order valence-corrected chi connectivity index (χ0v) is 24.6. The summed E-state index contributed by atoms with van der Waals surface area (Å²) in [6.45, 7) is 9.77. The average Bonchev–Trinajstić information content (AvgIpc) is 3.31. The van der Waals surface area contributed by atoms with Gasteiger partial charge in [0, 0.05) is 13.0 Å². The van der Waals surface area contributed by atoms with E-state index in [0.29, 0.717) is 25.9 Å². The molecule has 2 atom stereocenters. The monoisotopic (exact) mass is 543 g/mol. The van der Waals surface area contributed by atoms with E-state index in [1.54, 1.807) is 0 Å². The highest BCUT2D eigenvalue weighted by Gasteiger charge is 2.50. The fraction of sp³-hybridized carbons (Fsp3) is 0.394. The van der Waals surface area contributed by atoms with Gasteiger partial charge in [-0.25, -0.2) is 9.69 Å². The van der Waals surface area contributed by atoms with E-state index in [1.165, 1.54) is 15.3 Å². The lowest BCUT2D eigenvalue weighted by atomic mass is 10.0. The Morgan fingerprint density at radius 3 is 2.00 bits per heavy atom. The molecule has 6 heteroatoms. The summed E-state index contributed by atoms with van der Waals surface area (Å²) in [6.07, 6.45) is 1.92. The molecule has 1 saturated heterocycles. The second-order valence-corrected chi connectivity index (χ2v) is 15.8. The first-order valence-electron chi connectivity index (χ1n) is 14.0. The average molecular weight is 544 g/mol. The lowest BCUT2D eigenvalue weighted by Gasteiger charge is -2.43. The fourth-order valence-corrected chi connectivity index (χ4v) is 10.3. The molecule has 0 N–H and O–H groups in total. The fourth-order valence-electron chi connectivity index (χ4n) is 5.66. The minimum Gasteiger partial charge on any atom is -0.447 e. The van der Waals surface area contributed by atoms with Gasteiger partial charge in [-0.1, -0.05) is 125 Å². The first-order chi connectivity index (χ1) is 18.8. The summed E-state index contributed by atoms with van der Waals surface area (Å²) in [5.41, 5.74) is 1.09. The number of hydrogen-bond acceptors (Lipinski definition) is 4. The summed E-state index contributed by atoms with van der Waals surface area (Å²) < 4.78 is 12.4. The second kappa shape index (κ2) is 12.8. The van der Waals surface area contributed by atoms with Crippen LogP contribution in [0.1, 0.15) is 52.5 Å². The van der Waals surface area contributed by atoms with Gasteiger partial charge in [-0.05, 0) is 39.7 Å². The molecule has 0 aliphatic carbocycles. The number of rotatable bonds is 11. The number of nitrogens with zero attached hydrogens (tertiary/aromatic N) is 1. The number of carbonyl (C=O) groups excluding carboxylic acids is 2. The molecule has 0 bridgehead atoms. The number of benzene rings is 3. The van der Waals surface area contributed by atoms with Crippen LogP contribution in [0.4, 0.5) is 4.79 Å². The van der Waals surface area contributed by atoms with E-state index in [4.69, 9.17) is 9.16 Å². The molecule has 0 unspecified atom stereocenters. The molecule has 3 aromatic rings. The SMILES string of the molecule is CC[C@@H](CCC(=O)N1C(=O)OC[C@@H]1Cc1ccccc1)CO[Si](c1ccccc1)(c1ccccc1)C(C)(C)C. The van der Waals surface area contributed by atoms with Crippen molar-refractivity contribution in [2.45, 2.75) is 64.5 Å². The van der Waals surface area contributed by atoms with Crippen molar-refractivity contribution in [3.63, 3.8) is 0 Å². The molecular formula is C33H41NO4Si. The Morgan fingerprint density at radius 1 is 0.949 bits per heavy atom. The van der Waals surface area contributed by atoms with Crippen LogP contribution in [0.15, 0.2) is 91.0 Å². The molecule has 39 heavy (non-hydrogen) atoms. The van der Waals surface area contributed by atoms with Gasteiger partial charge in [-0.3, -0.25) is 4.79 Å². The summed E-state index contributed by atoms with van der Waals surface area (Å²) in [6, 6.07) is 30.9. The minimum absolute atomic E-state index is 0.103. The van der Waals surface area contributed by atoms with Crippen LogP contribution in [0.3, 0.4) is 0 Å². The first-order valence-corrected chi connectivity index (χ1v) is 15.9. The summed E-state index contributed by atoms with van der Waals surface area (Å²) in [4.78, 5) is 27.1. The van der Waals surface area contributed by atoms with Crippen LogP contribution in [0, 0.1) is 5.92 Å². The van der Waals surface area contributed by atoms with Gasteiger partial charge in [0.2, 0.25) is 5.91 Å². The third-order valence-electron chi connectivity index (χ3n) is 7.84. The normalized spacial score (nSPS) is 16.7. The quantitative estimate of drug-likeness (QED) is 0.280. The molecule has 1 aliphatic heterocycles. The Hall–Kier alpha value is -3.22. The number of imide groups is 1. The summed E-state index contributed by atoms with van der Waals surface area (Å²) >= 11 is 0. The van der Waals surface area contributed by atoms with E-state index in [9.17, 15) is 9.59 Å². The van der Waals surface area contributed by atoms with Gasteiger partial charge in [0.25, 0.3) is 8.32 Å². The number of amides is 2. The van der Waals surface area contributed by atoms with Crippen LogP contribution in [0.2, 0.25) is 5.04 Å². The van der Waals surface area contributed by atoms with Gasteiger partial charge >= 0.3 is 6.09 Å². The number of ether oxygens (including phenoxy) is 1. The topological polar surface area (TPSA) is 55.8 Å². The van der Waals surface area contributed by atoms with E-state index in [1.807, 2.05) is 42.5 Å². The highest BCUT2D eigenvalue weighted by molar-refractivity contribution is 6.99. The summed E-state index contributed by atoms with van der Waals surface area (Å²) in [5, 5.41) is 2.39. The molecule has 0 spiro atoms. The van der Waals surface area contributed by atoms with E-state index in [-0.39, 0.29) is 29.5 Å². The maximum atomic E-state index is 13.3. The van der Waals surface area contributed by atoms with Crippen molar-refractivity contribution in [3.05, 3.63) is 96.6 Å². The molecule has 206 valence electrons. The number of hydrogen-bond donors (Lipinski definition) is 0. The molecule has 4 rings (SSSR count).